The summed E-state index contributed by atoms with van der Waals surface area (Å²) in [6, 6.07) is 12.0. The Labute approximate surface area is 178 Å². The van der Waals surface area contributed by atoms with Gasteiger partial charge in [0.1, 0.15) is 0 Å². The van der Waals surface area contributed by atoms with Crippen LogP contribution in [0.5, 0.6) is 0 Å². The van der Waals surface area contributed by atoms with Gasteiger partial charge in [-0.05, 0) is 43.7 Å². The van der Waals surface area contributed by atoms with Crippen LogP contribution < -0.4 is 10.0 Å². The molecular formula is C19H20N6O5S. The van der Waals surface area contributed by atoms with Gasteiger partial charge in [0.05, 0.1) is 22.1 Å². The minimum atomic E-state index is -3.40. The van der Waals surface area contributed by atoms with Gasteiger partial charge in [0.25, 0.3) is 11.6 Å². The third kappa shape index (κ3) is 5.22. The molecule has 0 saturated carbocycles. The summed E-state index contributed by atoms with van der Waals surface area (Å²) in [6.07, 6.45) is 0.500. The number of non-ortho nitro benzene ring substituents is 1. The van der Waals surface area contributed by atoms with E-state index in [4.69, 9.17) is 0 Å². The molecule has 0 aliphatic heterocycles. The van der Waals surface area contributed by atoms with Crippen molar-refractivity contribution in [1.29, 1.82) is 0 Å². The third-order valence-electron chi connectivity index (χ3n) is 4.28. The summed E-state index contributed by atoms with van der Waals surface area (Å²) >= 11 is 0. The molecule has 0 bridgehead atoms. The summed E-state index contributed by atoms with van der Waals surface area (Å²) in [6.45, 7) is 3.40. The lowest BCUT2D eigenvalue weighted by molar-refractivity contribution is -0.384. The van der Waals surface area contributed by atoms with Crippen LogP contribution in [0.25, 0.3) is 5.69 Å². The highest BCUT2D eigenvalue weighted by Gasteiger charge is 2.19. The average Bonchev–Trinajstić information content (AvgIpc) is 3.10. The predicted molar refractivity (Wildman–Crippen MR) is 115 cm³/mol. The Morgan fingerprint density at radius 3 is 2.48 bits per heavy atom. The second-order valence-corrected chi connectivity index (χ2v) is 8.51. The van der Waals surface area contributed by atoms with Crippen LogP contribution in [-0.4, -0.2) is 40.0 Å². The number of aromatic nitrogens is 3. The van der Waals surface area contributed by atoms with Gasteiger partial charge >= 0.3 is 0 Å². The maximum Gasteiger partial charge on any atom is 0.278 e. The average molecular weight is 444 g/mol. The maximum atomic E-state index is 12.6. The molecule has 11 nitrogen and oxygen atoms in total. The van der Waals surface area contributed by atoms with Gasteiger partial charge in [-0.2, -0.15) is 0 Å². The van der Waals surface area contributed by atoms with E-state index in [1.165, 1.54) is 35.0 Å². The lowest BCUT2D eigenvalue weighted by atomic mass is 10.2. The highest BCUT2D eigenvalue weighted by atomic mass is 32.2. The Morgan fingerprint density at radius 2 is 1.84 bits per heavy atom. The number of nitro benzene ring substituents is 1. The van der Waals surface area contributed by atoms with E-state index in [1.54, 1.807) is 32.0 Å². The molecule has 0 aliphatic rings. The summed E-state index contributed by atoms with van der Waals surface area (Å²) in [5.41, 5.74) is 1.59. The smallest absolute Gasteiger partial charge is 0.278 e. The summed E-state index contributed by atoms with van der Waals surface area (Å²) in [4.78, 5) is 23.1. The van der Waals surface area contributed by atoms with E-state index < -0.39 is 20.9 Å². The van der Waals surface area contributed by atoms with Gasteiger partial charge in [-0.3, -0.25) is 19.6 Å². The summed E-state index contributed by atoms with van der Waals surface area (Å²) in [5, 5.41) is 21.5. The van der Waals surface area contributed by atoms with E-state index in [9.17, 15) is 23.3 Å². The Balaban J connectivity index is 1.75. The van der Waals surface area contributed by atoms with E-state index in [2.05, 4.69) is 20.4 Å². The molecule has 12 heteroatoms. The fraction of sp³-hybridized carbons (Fsp3) is 0.211. The number of benzene rings is 2. The fourth-order valence-corrected chi connectivity index (χ4v) is 3.97. The SMILES string of the molecule is CCCS(=O)(=O)Nc1ccc(NC(=O)c2nnn(-c3cccc([N+](=O)[O-])c3)c2C)cc1. The normalized spacial score (nSPS) is 11.2. The number of carbonyl (C=O) groups is 1. The Morgan fingerprint density at radius 1 is 1.16 bits per heavy atom. The molecule has 1 aromatic heterocycles. The maximum absolute atomic E-state index is 12.6. The molecule has 162 valence electrons. The largest absolute Gasteiger partial charge is 0.321 e. The lowest BCUT2D eigenvalue weighted by Gasteiger charge is -2.09. The number of nitrogens with zero attached hydrogens (tertiary/aromatic N) is 4. The predicted octanol–water partition coefficient (Wildman–Crippen LogP) is 2.89. The molecule has 0 atom stereocenters. The van der Waals surface area contributed by atoms with Crippen LogP contribution in [0.2, 0.25) is 0 Å². The Kier molecular flexibility index (Phi) is 6.30. The quantitative estimate of drug-likeness (QED) is 0.401. The zero-order valence-corrected chi connectivity index (χ0v) is 17.6. The van der Waals surface area contributed by atoms with Crippen molar-refractivity contribution in [2.75, 3.05) is 15.8 Å². The Hall–Kier alpha value is -3.80. The number of sulfonamides is 1. The van der Waals surface area contributed by atoms with Crippen LogP contribution in [0.1, 0.15) is 29.5 Å². The topological polar surface area (TPSA) is 149 Å². The van der Waals surface area contributed by atoms with Gasteiger partial charge < -0.3 is 5.32 Å². The highest BCUT2D eigenvalue weighted by Crippen LogP contribution is 2.20. The van der Waals surface area contributed by atoms with Gasteiger partial charge in [-0.15, -0.1) is 5.10 Å². The summed E-state index contributed by atoms with van der Waals surface area (Å²) in [7, 11) is -3.40. The van der Waals surface area contributed by atoms with Crippen LogP contribution in [0.3, 0.4) is 0 Å². The minimum absolute atomic E-state index is 0.0188. The van der Waals surface area contributed by atoms with Crippen molar-refractivity contribution in [3.05, 3.63) is 70.0 Å². The molecule has 3 rings (SSSR count). The number of hydrogen-bond acceptors (Lipinski definition) is 7. The number of carbonyl (C=O) groups excluding carboxylic acids is 1. The first-order chi connectivity index (χ1) is 14.7. The molecular weight excluding hydrogens is 424 g/mol. The van der Waals surface area contributed by atoms with Crippen molar-refractivity contribution >= 4 is 33.0 Å². The van der Waals surface area contributed by atoms with Crippen LogP contribution in [0, 0.1) is 17.0 Å². The molecule has 1 amide bonds. The first-order valence-corrected chi connectivity index (χ1v) is 10.9. The molecule has 0 aliphatic carbocycles. The second kappa shape index (κ2) is 8.92. The monoisotopic (exact) mass is 444 g/mol. The second-order valence-electron chi connectivity index (χ2n) is 6.66. The summed E-state index contributed by atoms with van der Waals surface area (Å²) < 4.78 is 27.5. The van der Waals surface area contributed by atoms with Crippen molar-refractivity contribution in [2.24, 2.45) is 0 Å². The van der Waals surface area contributed by atoms with E-state index >= 15 is 0 Å². The van der Waals surface area contributed by atoms with E-state index in [0.29, 0.717) is 29.2 Å². The molecule has 1 heterocycles. The molecule has 3 aromatic rings. The van der Waals surface area contributed by atoms with Gasteiger partial charge in [0, 0.05) is 23.5 Å². The van der Waals surface area contributed by atoms with Crippen molar-refractivity contribution in [1.82, 2.24) is 15.0 Å². The Bertz CT molecular complexity index is 1220. The zero-order valence-electron chi connectivity index (χ0n) is 16.8. The lowest BCUT2D eigenvalue weighted by Crippen LogP contribution is -2.16. The van der Waals surface area contributed by atoms with Crippen LogP contribution >= 0.6 is 0 Å². The van der Waals surface area contributed by atoms with Crippen LogP contribution in [0.15, 0.2) is 48.5 Å². The number of anilines is 2. The number of amides is 1. The van der Waals surface area contributed by atoms with Crippen molar-refractivity contribution in [3.63, 3.8) is 0 Å². The van der Waals surface area contributed by atoms with Crippen LogP contribution in [-0.2, 0) is 10.0 Å². The van der Waals surface area contributed by atoms with E-state index in [0.717, 1.165) is 0 Å². The number of nitro groups is 1. The molecule has 2 N–H and O–H groups in total. The van der Waals surface area contributed by atoms with Gasteiger partial charge in [0.15, 0.2) is 5.69 Å². The number of hydrogen-bond donors (Lipinski definition) is 2. The highest BCUT2D eigenvalue weighted by molar-refractivity contribution is 7.92. The third-order valence-corrected chi connectivity index (χ3v) is 5.78. The first-order valence-electron chi connectivity index (χ1n) is 9.29. The summed E-state index contributed by atoms with van der Waals surface area (Å²) in [5.74, 6) is -0.501. The standard InChI is InChI=1S/C19H20N6O5S/c1-3-11-31(29,30)22-15-9-7-14(8-10-15)20-19(26)18-13(2)24(23-21-18)16-5-4-6-17(12-16)25(27)28/h4-10,12,22H,3,11H2,1-2H3,(H,20,26). The minimum Gasteiger partial charge on any atom is -0.321 e. The first kappa shape index (κ1) is 21.9. The van der Waals surface area contributed by atoms with E-state index in [1.807, 2.05) is 0 Å². The van der Waals surface area contributed by atoms with Crippen molar-refractivity contribution in [2.45, 2.75) is 20.3 Å². The van der Waals surface area contributed by atoms with Crippen molar-refractivity contribution < 1.29 is 18.1 Å². The van der Waals surface area contributed by atoms with Gasteiger partial charge in [-0.1, -0.05) is 18.2 Å². The fourth-order valence-electron chi connectivity index (χ4n) is 2.83. The molecule has 0 radical (unpaired) electrons. The number of nitrogens with one attached hydrogen (secondary N) is 2. The molecule has 31 heavy (non-hydrogen) atoms. The molecule has 2 aromatic carbocycles. The number of rotatable bonds is 8. The molecule has 0 spiro atoms. The molecule has 0 unspecified atom stereocenters. The zero-order chi connectivity index (χ0) is 22.6. The van der Waals surface area contributed by atoms with Gasteiger partial charge in [0.2, 0.25) is 10.0 Å². The molecule has 0 fully saturated rings. The molecule has 0 saturated heterocycles. The van der Waals surface area contributed by atoms with Crippen LogP contribution in [0.4, 0.5) is 17.1 Å². The van der Waals surface area contributed by atoms with Gasteiger partial charge in [-0.25, -0.2) is 13.1 Å². The van der Waals surface area contributed by atoms with Crippen molar-refractivity contribution in [3.8, 4) is 5.69 Å². The van der Waals surface area contributed by atoms with E-state index in [-0.39, 0.29) is 17.1 Å².